The van der Waals surface area contributed by atoms with Crippen molar-refractivity contribution in [3.8, 4) is 11.5 Å². The van der Waals surface area contributed by atoms with Gasteiger partial charge in [-0.1, -0.05) is 6.08 Å². The van der Waals surface area contributed by atoms with E-state index in [2.05, 4.69) is 16.3 Å². The van der Waals surface area contributed by atoms with Crippen molar-refractivity contribution in [3.05, 3.63) is 54.0 Å². The number of methoxy groups -OCH3 is 1. The molecule has 2 aromatic rings. The molecule has 4 rings (SSSR count). The van der Waals surface area contributed by atoms with Crippen molar-refractivity contribution < 1.29 is 18.7 Å². The van der Waals surface area contributed by atoms with Crippen molar-refractivity contribution in [1.82, 2.24) is 10.2 Å². The molecule has 1 saturated heterocycles. The minimum absolute atomic E-state index is 0.0642. The fourth-order valence-electron chi connectivity index (χ4n) is 3.50. The molecule has 6 nitrogen and oxygen atoms in total. The van der Waals surface area contributed by atoms with Gasteiger partial charge in [-0.3, -0.25) is 9.69 Å². The van der Waals surface area contributed by atoms with Crippen molar-refractivity contribution in [2.75, 3.05) is 26.7 Å². The van der Waals surface area contributed by atoms with E-state index in [0.29, 0.717) is 23.1 Å². The Labute approximate surface area is 171 Å². The van der Waals surface area contributed by atoms with E-state index in [4.69, 9.17) is 13.9 Å². The topological polar surface area (TPSA) is 63.9 Å². The van der Waals surface area contributed by atoms with Crippen molar-refractivity contribution in [1.29, 1.82) is 0 Å². The number of nitrogens with one attached hydrogen (secondary N) is 1. The number of rotatable bonds is 8. The fraction of sp³-hybridized carbons (Fsp3) is 0.435. The number of nitrogens with zero attached hydrogens (tertiary/aromatic N) is 1. The second-order valence-corrected chi connectivity index (χ2v) is 7.65. The van der Waals surface area contributed by atoms with E-state index in [1.807, 2.05) is 30.3 Å². The molecule has 0 spiro atoms. The number of furan rings is 1. The molecule has 2 fully saturated rings. The quantitative estimate of drug-likeness (QED) is 0.737. The zero-order chi connectivity index (χ0) is 20.1. The summed E-state index contributed by atoms with van der Waals surface area (Å²) in [4.78, 5) is 15.0. The lowest BCUT2D eigenvalue weighted by Gasteiger charge is -2.31. The smallest absolute Gasteiger partial charge is 0.255 e. The first-order valence-corrected chi connectivity index (χ1v) is 10.3. The number of carbonyl (C=O) groups excluding carboxylic acids is 1. The molecule has 6 heteroatoms. The van der Waals surface area contributed by atoms with Crippen LogP contribution in [0.5, 0.6) is 11.5 Å². The van der Waals surface area contributed by atoms with Gasteiger partial charge in [0.1, 0.15) is 23.4 Å². The van der Waals surface area contributed by atoms with Gasteiger partial charge in [-0.25, -0.2) is 0 Å². The molecule has 154 valence electrons. The van der Waals surface area contributed by atoms with Gasteiger partial charge >= 0.3 is 0 Å². The lowest BCUT2D eigenvalue weighted by molar-refractivity contribution is 0.0916. The van der Waals surface area contributed by atoms with Gasteiger partial charge in [0.25, 0.3) is 5.91 Å². The van der Waals surface area contributed by atoms with E-state index >= 15 is 0 Å². The average Bonchev–Trinajstić information content (AvgIpc) is 3.40. The summed E-state index contributed by atoms with van der Waals surface area (Å²) in [5, 5.41) is 3.04. The number of piperidine rings is 1. The SMILES string of the molecule is COc1ccc(C(=O)NC2CC2)c(OC2CCN(CC=Cc3ccco3)CC2)c1. The standard InChI is InChI=1S/C23H28N2O4/c1-27-20-8-9-21(23(26)24-17-6-7-17)22(16-20)29-19-10-13-25(14-11-19)12-2-4-18-5-3-15-28-18/h2-5,8-9,15-17,19H,6-7,10-14H2,1H3,(H,24,26). The van der Waals surface area contributed by atoms with Crippen molar-refractivity contribution in [2.24, 2.45) is 0 Å². The van der Waals surface area contributed by atoms with Crippen molar-refractivity contribution >= 4 is 12.0 Å². The number of amides is 1. The van der Waals surface area contributed by atoms with E-state index in [-0.39, 0.29) is 12.0 Å². The van der Waals surface area contributed by atoms with Gasteiger partial charge in [-0.05, 0) is 56.0 Å². The van der Waals surface area contributed by atoms with Crippen LogP contribution in [0.15, 0.2) is 47.1 Å². The first-order chi connectivity index (χ1) is 14.2. The zero-order valence-corrected chi connectivity index (χ0v) is 16.8. The predicted octanol–water partition coefficient (Wildman–Crippen LogP) is 3.74. The van der Waals surface area contributed by atoms with Crippen LogP contribution in [0.1, 0.15) is 41.8 Å². The number of hydrogen-bond donors (Lipinski definition) is 1. The molecule has 1 amide bonds. The van der Waals surface area contributed by atoms with Gasteiger partial charge in [-0.15, -0.1) is 0 Å². The molecule has 29 heavy (non-hydrogen) atoms. The number of ether oxygens (including phenoxy) is 2. The Morgan fingerprint density at radius 3 is 2.76 bits per heavy atom. The Kier molecular flexibility index (Phi) is 6.20. The Morgan fingerprint density at radius 1 is 1.24 bits per heavy atom. The lowest BCUT2D eigenvalue weighted by atomic mass is 10.1. The van der Waals surface area contributed by atoms with Gasteiger partial charge in [-0.2, -0.15) is 0 Å². The van der Waals surface area contributed by atoms with E-state index in [1.165, 1.54) is 0 Å². The van der Waals surface area contributed by atoms with Gasteiger partial charge < -0.3 is 19.2 Å². The highest BCUT2D eigenvalue weighted by atomic mass is 16.5. The summed E-state index contributed by atoms with van der Waals surface area (Å²) in [5.41, 5.74) is 0.585. The summed E-state index contributed by atoms with van der Waals surface area (Å²) in [6.07, 6.45) is 9.88. The summed E-state index contributed by atoms with van der Waals surface area (Å²) in [5.74, 6) is 2.12. The van der Waals surface area contributed by atoms with Gasteiger partial charge in [0.2, 0.25) is 0 Å². The molecule has 0 unspecified atom stereocenters. The first kappa shape index (κ1) is 19.6. The molecule has 1 N–H and O–H groups in total. The molecule has 2 aliphatic rings. The largest absolute Gasteiger partial charge is 0.497 e. The monoisotopic (exact) mass is 396 g/mol. The van der Waals surface area contributed by atoms with Crippen LogP contribution in [0, 0.1) is 0 Å². The second kappa shape index (κ2) is 9.18. The summed E-state index contributed by atoms with van der Waals surface area (Å²) in [6.45, 7) is 2.81. The summed E-state index contributed by atoms with van der Waals surface area (Å²) >= 11 is 0. The first-order valence-electron chi connectivity index (χ1n) is 10.3. The molecule has 0 atom stereocenters. The number of carbonyl (C=O) groups is 1. The van der Waals surface area contributed by atoms with Crippen LogP contribution < -0.4 is 14.8 Å². The zero-order valence-electron chi connectivity index (χ0n) is 16.8. The van der Waals surface area contributed by atoms with E-state index in [9.17, 15) is 4.79 Å². The lowest BCUT2D eigenvalue weighted by Crippen LogP contribution is -2.38. The highest BCUT2D eigenvalue weighted by molar-refractivity contribution is 5.97. The molecular formula is C23H28N2O4. The predicted molar refractivity (Wildman–Crippen MR) is 111 cm³/mol. The van der Waals surface area contributed by atoms with Crippen LogP contribution in [0.4, 0.5) is 0 Å². The molecule has 1 aliphatic carbocycles. The van der Waals surface area contributed by atoms with Crippen molar-refractivity contribution in [3.63, 3.8) is 0 Å². The van der Waals surface area contributed by atoms with E-state index in [0.717, 1.165) is 51.1 Å². The molecule has 0 radical (unpaired) electrons. The summed E-state index contributed by atoms with van der Waals surface area (Å²) in [7, 11) is 1.62. The maximum Gasteiger partial charge on any atom is 0.255 e. The molecule has 1 aromatic heterocycles. The minimum Gasteiger partial charge on any atom is -0.497 e. The number of benzene rings is 1. The highest BCUT2D eigenvalue weighted by Gasteiger charge is 2.27. The minimum atomic E-state index is -0.0642. The van der Waals surface area contributed by atoms with Gasteiger partial charge in [0.05, 0.1) is 18.9 Å². The van der Waals surface area contributed by atoms with Crippen LogP contribution in [0.25, 0.3) is 6.08 Å². The molecular weight excluding hydrogens is 368 g/mol. The Balaban J connectivity index is 1.32. The average molecular weight is 396 g/mol. The van der Waals surface area contributed by atoms with Crippen LogP contribution in [0.2, 0.25) is 0 Å². The van der Waals surface area contributed by atoms with Gasteiger partial charge in [0.15, 0.2) is 0 Å². The number of hydrogen-bond acceptors (Lipinski definition) is 5. The third kappa shape index (κ3) is 5.41. The van der Waals surface area contributed by atoms with E-state index in [1.54, 1.807) is 19.4 Å². The molecule has 0 bridgehead atoms. The molecule has 2 heterocycles. The Morgan fingerprint density at radius 2 is 2.07 bits per heavy atom. The van der Waals surface area contributed by atoms with Crippen LogP contribution in [0.3, 0.4) is 0 Å². The third-order valence-electron chi connectivity index (χ3n) is 5.36. The molecule has 1 saturated carbocycles. The van der Waals surface area contributed by atoms with Crippen molar-refractivity contribution in [2.45, 2.75) is 37.8 Å². The summed E-state index contributed by atoms with van der Waals surface area (Å²) in [6, 6.07) is 9.57. The van der Waals surface area contributed by atoms with Crippen LogP contribution >= 0.6 is 0 Å². The Hall–Kier alpha value is -2.73. The second-order valence-electron chi connectivity index (χ2n) is 7.65. The summed E-state index contributed by atoms with van der Waals surface area (Å²) < 4.78 is 16.9. The maximum atomic E-state index is 12.6. The molecule has 1 aliphatic heterocycles. The molecule has 1 aromatic carbocycles. The fourth-order valence-corrected chi connectivity index (χ4v) is 3.50. The number of likely N-dealkylation sites (tertiary alicyclic amines) is 1. The van der Waals surface area contributed by atoms with E-state index < -0.39 is 0 Å². The van der Waals surface area contributed by atoms with Crippen LogP contribution in [-0.4, -0.2) is 49.7 Å². The Bertz CT molecular complexity index is 835. The third-order valence-corrected chi connectivity index (χ3v) is 5.36. The maximum absolute atomic E-state index is 12.6. The van der Waals surface area contributed by atoms with Crippen LogP contribution in [-0.2, 0) is 0 Å². The highest BCUT2D eigenvalue weighted by Crippen LogP contribution is 2.29. The normalized spacial score (nSPS) is 18.1. The van der Waals surface area contributed by atoms with Gasteiger partial charge in [0, 0.05) is 31.7 Å².